The summed E-state index contributed by atoms with van der Waals surface area (Å²) in [6.07, 6.45) is -17.0. The summed E-state index contributed by atoms with van der Waals surface area (Å²) in [7, 11) is 0. The van der Waals surface area contributed by atoms with Crippen LogP contribution in [-0.2, 0) is 28.5 Å². The molecule has 2 aliphatic heterocycles. The Morgan fingerprint density at radius 1 is 0.891 bits per heavy atom. The molecule has 2 fully saturated rings. The van der Waals surface area contributed by atoms with Crippen molar-refractivity contribution in [3.63, 3.8) is 0 Å². The van der Waals surface area contributed by atoms with Gasteiger partial charge in [0.2, 0.25) is 0 Å². The lowest BCUT2D eigenvalue weighted by Crippen LogP contribution is -2.60. The maximum Gasteiger partial charge on any atom is 0.317 e. The molecule has 0 spiro atoms. The van der Waals surface area contributed by atoms with Crippen LogP contribution in [0.25, 0.3) is 22.3 Å². The molecule has 3 aromatic rings. The van der Waals surface area contributed by atoms with Crippen LogP contribution in [0.4, 0.5) is 0 Å². The highest BCUT2D eigenvalue weighted by molar-refractivity contribution is 5.90. The van der Waals surface area contributed by atoms with Crippen LogP contribution in [0.1, 0.15) is 18.1 Å². The van der Waals surface area contributed by atoms with Gasteiger partial charge in [-0.05, 0) is 24.3 Å². The Labute approximate surface area is 257 Å². The molecular formula is C29H30O17. The second kappa shape index (κ2) is 13.2. The normalized spacial score (nSPS) is 29.8. The molecule has 0 aliphatic carbocycles. The number of carboxylic acid groups (broad SMARTS) is 1. The number of esters is 1. The van der Waals surface area contributed by atoms with Crippen molar-refractivity contribution in [3.05, 3.63) is 52.2 Å². The highest BCUT2D eigenvalue weighted by Crippen LogP contribution is 2.45. The molecule has 0 amide bonds. The first-order valence-electron chi connectivity index (χ1n) is 13.8. The van der Waals surface area contributed by atoms with Crippen molar-refractivity contribution >= 4 is 22.9 Å². The average molecular weight is 651 g/mol. The van der Waals surface area contributed by atoms with Gasteiger partial charge in [-0.3, -0.25) is 14.4 Å². The third kappa shape index (κ3) is 6.48. The maximum absolute atomic E-state index is 13.2. The first kappa shape index (κ1) is 33.0. The van der Waals surface area contributed by atoms with E-state index in [1.165, 1.54) is 24.3 Å². The number of benzene rings is 2. The van der Waals surface area contributed by atoms with Crippen LogP contribution >= 0.6 is 0 Å². The summed E-state index contributed by atoms with van der Waals surface area (Å²) >= 11 is 0. The van der Waals surface area contributed by atoms with Crippen LogP contribution in [0.3, 0.4) is 0 Å². The van der Waals surface area contributed by atoms with E-state index in [1.807, 2.05) is 0 Å². The maximum atomic E-state index is 13.2. The van der Waals surface area contributed by atoms with E-state index in [2.05, 4.69) is 0 Å². The molecule has 3 heterocycles. The smallest absolute Gasteiger partial charge is 0.317 e. The SMILES string of the molecule is O=C(O)CC(=O)OC[C@H]1O[C@@H](c2c(O)cc(O)c3c(=O)cc(-c4ccc(O)cc4)oc23)[C@H](O[C@H]2OC[C@@H](O)[C@@H](O)[C@H]2O)[C@@H](O)[C@@H]1O. The Kier molecular flexibility index (Phi) is 9.47. The summed E-state index contributed by atoms with van der Waals surface area (Å²) in [5.74, 6) is -4.37. The first-order valence-corrected chi connectivity index (χ1v) is 13.8. The monoisotopic (exact) mass is 650 g/mol. The molecule has 2 aromatic carbocycles. The Balaban J connectivity index is 1.62. The van der Waals surface area contributed by atoms with Crippen LogP contribution < -0.4 is 5.43 Å². The van der Waals surface area contributed by atoms with Gasteiger partial charge in [0.05, 0.1) is 12.2 Å². The van der Waals surface area contributed by atoms with E-state index in [-0.39, 0.29) is 17.1 Å². The van der Waals surface area contributed by atoms with Gasteiger partial charge in [-0.1, -0.05) is 0 Å². The fourth-order valence-corrected chi connectivity index (χ4v) is 5.23. The summed E-state index contributed by atoms with van der Waals surface area (Å²) in [5, 5.41) is 92.4. The number of carbonyl (C=O) groups excluding carboxylic acids is 1. The molecule has 9 N–H and O–H groups in total. The van der Waals surface area contributed by atoms with Gasteiger partial charge in [-0.2, -0.15) is 0 Å². The van der Waals surface area contributed by atoms with E-state index >= 15 is 0 Å². The van der Waals surface area contributed by atoms with Crippen molar-refractivity contribution in [2.75, 3.05) is 13.2 Å². The van der Waals surface area contributed by atoms with Gasteiger partial charge >= 0.3 is 11.9 Å². The van der Waals surface area contributed by atoms with Crippen LogP contribution in [0.15, 0.2) is 45.6 Å². The van der Waals surface area contributed by atoms with Crippen LogP contribution in [-0.4, -0.2) is 120 Å². The van der Waals surface area contributed by atoms with Gasteiger partial charge in [0, 0.05) is 17.7 Å². The topological polar surface area (TPSA) is 283 Å². The van der Waals surface area contributed by atoms with Crippen molar-refractivity contribution in [2.24, 2.45) is 0 Å². The Hall–Kier alpha value is -4.33. The van der Waals surface area contributed by atoms with E-state index in [4.69, 9.17) is 28.5 Å². The van der Waals surface area contributed by atoms with Crippen molar-refractivity contribution in [2.45, 2.75) is 61.5 Å². The molecule has 2 aliphatic rings. The molecule has 9 atom stereocenters. The fraction of sp³-hybridized carbons (Fsp3) is 0.414. The number of hydrogen-bond donors (Lipinski definition) is 9. The lowest BCUT2D eigenvalue weighted by atomic mass is 9.89. The van der Waals surface area contributed by atoms with Crippen LogP contribution in [0.5, 0.6) is 17.2 Å². The van der Waals surface area contributed by atoms with Crippen LogP contribution in [0.2, 0.25) is 0 Å². The molecule has 17 heteroatoms. The van der Waals surface area contributed by atoms with Gasteiger partial charge < -0.3 is 69.3 Å². The largest absolute Gasteiger partial charge is 0.508 e. The molecule has 0 radical (unpaired) electrons. The van der Waals surface area contributed by atoms with Crippen molar-refractivity contribution in [1.82, 2.24) is 0 Å². The summed E-state index contributed by atoms with van der Waals surface area (Å²) in [5.41, 5.74) is -1.40. The highest BCUT2D eigenvalue weighted by atomic mass is 16.7. The van der Waals surface area contributed by atoms with Crippen LogP contribution in [0, 0.1) is 0 Å². The number of phenols is 3. The highest BCUT2D eigenvalue weighted by Gasteiger charge is 2.51. The number of ether oxygens (including phenoxy) is 4. The molecule has 0 unspecified atom stereocenters. The standard InChI is InChI=1S/C29H30O17/c30-11-3-1-10(2-4-11)16-6-14(33)20-12(31)5-13(32)21(26(20)44-16)27-28(46-29-25(41)22(38)15(34)8-43-29)24(40)23(39)17(45-27)9-42-19(37)7-18(35)36/h1-6,15,17,22-25,27-32,34,38-41H,7-9H2,(H,35,36)/t15-,17-,22-,23-,24+,25-,27+,28-,29-/m1/s1. The average Bonchev–Trinajstić information content (AvgIpc) is 2.99. The second-order valence-electron chi connectivity index (χ2n) is 10.7. The van der Waals surface area contributed by atoms with E-state index in [0.717, 1.165) is 12.1 Å². The van der Waals surface area contributed by atoms with Gasteiger partial charge in [0.1, 0.15) is 90.3 Å². The van der Waals surface area contributed by atoms with Gasteiger partial charge in [0.25, 0.3) is 0 Å². The molecule has 1 aromatic heterocycles. The summed E-state index contributed by atoms with van der Waals surface area (Å²) in [6, 6.07) is 7.25. The second-order valence-corrected chi connectivity index (χ2v) is 10.7. The number of phenolic OH excluding ortho intramolecular Hbond substituents is 3. The van der Waals surface area contributed by atoms with Crippen molar-refractivity contribution in [1.29, 1.82) is 0 Å². The number of hydrogen-bond acceptors (Lipinski definition) is 16. The third-order valence-electron chi connectivity index (χ3n) is 7.57. The minimum absolute atomic E-state index is 0.0918. The number of aliphatic hydroxyl groups excluding tert-OH is 5. The van der Waals surface area contributed by atoms with E-state index < -0.39 is 120 Å². The predicted octanol–water partition coefficient (Wildman–Crippen LogP) is -1.42. The predicted molar refractivity (Wildman–Crippen MR) is 148 cm³/mol. The number of carboxylic acids is 1. The lowest BCUT2D eigenvalue weighted by Gasteiger charge is -2.45. The van der Waals surface area contributed by atoms with Gasteiger partial charge in [0.15, 0.2) is 17.3 Å². The molecule has 5 rings (SSSR count). The molecule has 248 valence electrons. The minimum Gasteiger partial charge on any atom is -0.508 e. The molecule has 17 nitrogen and oxygen atoms in total. The molecule has 0 bridgehead atoms. The molecule has 2 saturated heterocycles. The Morgan fingerprint density at radius 3 is 2.26 bits per heavy atom. The number of aromatic hydroxyl groups is 3. The third-order valence-corrected chi connectivity index (χ3v) is 7.57. The Morgan fingerprint density at radius 2 is 1.59 bits per heavy atom. The first-order chi connectivity index (χ1) is 21.8. The molecule has 46 heavy (non-hydrogen) atoms. The van der Waals surface area contributed by atoms with Gasteiger partial charge in [-0.15, -0.1) is 0 Å². The number of carbonyl (C=O) groups is 2. The van der Waals surface area contributed by atoms with E-state index in [1.54, 1.807) is 0 Å². The number of rotatable bonds is 8. The zero-order valence-electron chi connectivity index (χ0n) is 23.6. The quantitative estimate of drug-likeness (QED) is 0.0998. The van der Waals surface area contributed by atoms with Crippen molar-refractivity contribution in [3.8, 4) is 28.6 Å². The number of aliphatic hydroxyl groups is 5. The van der Waals surface area contributed by atoms with Gasteiger partial charge in [-0.25, -0.2) is 0 Å². The van der Waals surface area contributed by atoms with E-state index in [9.17, 15) is 55.2 Å². The fourth-order valence-electron chi connectivity index (χ4n) is 5.23. The summed E-state index contributed by atoms with van der Waals surface area (Å²) < 4.78 is 27.8. The zero-order valence-corrected chi connectivity index (χ0v) is 23.6. The minimum atomic E-state index is -2.00. The molecule has 0 saturated carbocycles. The van der Waals surface area contributed by atoms with E-state index in [0.29, 0.717) is 0 Å². The van der Waals surface area contributed by atoms with Crippen molar-refractivity contribution < 1.29 is 78.9 Å². The number of fused-ring (bicyclic) bond motifs is 1. The number of aliphatic carboxylic acids is 1. The lowest BCUT2D eigenvalue weighted by molar-refractivity contribution is -0.325. The summed E-state index contributed by atoms with van der Waals surface area (Å²) in [6.45, 7) is -1.32. The molecular weight excluding hydrogens is 620 g/mol. The zero-order chi connectivity index (χ0) is 33.4. The summed E-state index contributed by atoms with van der Waals surface area (Å²) in [4.78, 5) is 36.0. The Bertz CT molecular complexity index is 1650.